The first kappa shape index (κ1) is 24.0. The van der Waals surface area contributed by atoms with Gasteiger partial charge in [0.1, 0.15) is 5.60 Å². The lowest BCUT2D eigenvalue weighted by molar-refractivity contribution is 0.0153. The van der Waals surface area contributed by atoms with Crippen molar-refractivity contribution in [2.45, 2.75) is 59.6 Å². The molecule has 3 rings (SSSR count). The summed E-state index contributed by atoms with van der Waals surface area (Å²) in [6.45, 7) is 16.4. The number of carbonyl (C=O) groups is 1. The second-order valence-corrected chi connectivity index (χ2v) is 10.2. The van der Waals surface area contributed by atoms with Crippen LogP contribution in [0.3, 0.4) is 0 Å². The second-order valence-electron chi connectivity index (χ2n) is 10.2. The zero-order valence-corrected chi connectivity index (χ0v) is 19.8. The average Bonchev–Trinajstić information content (AvgIpc) is 2.69. The van der Waals surface area contributed by atoms with Crippen molar-refractivity contribution in [3.8, 4) is 0 Å². The van der Waals surface area contributed by atoms with Crippen LogP contribution in [0, 0.1) is 5.41 Å². The number of nitrogens with zero attached hydrogens (tertiary/aromatic N) is 1. The Hall–Kier alpha value is -1.61. The fourth-order valence-corrected chi connectivity index (χ4v) is 3.98. The molecule has 1 atom stereocenters. The maximum Gasteiger partial charge on any atom is 0.493 e. The molecule has 1 aromatic carbocycles. The number of hydrogen-bond donors (Lipinski definition) is 1. The molecule has 0 saturated carbocycles. The van der Waals surface area contributed by atoms with Crippen LogP contribution in [0.1, 0.15) is 59.6 Å². The number of carbonyl (C=O) groups excluding carboxylic acids is 1. The first-order valence-electron chi connectivity index (χ1n) is 11.3. The molecule has 1 amide bonds. The number of anilines is 1. The lowest BCUT2D eigenvalue weighted by atomic mass is 9.75. The molecule has 2 heterocycles. The highest BCUT2D eigenvalue weighted by molar-refractivity contribution is 6.61. The largest absolute Gasteiger partial charge is 0.493 e. The molecule has 7 nitrogen and oxygen atoms in total. The number of benzene rings is 1. The second kappa shape index (κ2) is 9.90. The topological polar surface area (TPSA) is 69.3 Å². The average molecular weight is 432 g/mol. The van der Waals surface area contributed by atoms with Gasteiger partial charge in [-0.2, -0.15) is 0 Å². The first-order chi connectivity index (χ1) is 14.6. The van der Waals surface area contributed by atoms with Crippen LogP contribution in [0.2, 0.25) is 0 Å². The summed E-state index contributed by atoms with van der Waals surface area (Å²) in [4.78, 5) is 15.0. The highest BCUT2D eigenvalue weighted by Crippen LogP contribution is 2.31. The van der Waals surface area contributed by atoms with Gasteiger partial charge in [0.2, 0.25) is 0 Å². The summed E-state index contributed by atoms with van der Waals surface area (Å²) in [7, 11) is -0.440. The van der Waals surface area contributed by atoms with Crippen molar-refractivity contribution in [2.75, 3.05) is 44.8 Å². The molecule has 1 N–H and O–H groups in total. The van der Waals surface area contributed by atoms with Gasteiger partial charge >= 0.3 is 13.2 Å². The highest BCUT2D eigenvalue weighted by Gasteiger charge is 2.34. The van der Waals surface area contributed by atoms with E-state index >= 15 is 0 Å². The van der Waals surface area contributed by atoms with Gasteiger partial charge in [-0.15, -0.1) is 0 Å². The smallest absolute Gasteiger partial charge is 0.444 e. The molecule has 2 aliphatic rings. The molecule has 2 fully saturated rings. The summed E-state index contributed by atoms with van der Waals surface area (Å²) < 4.78 is 23.0. The monoisotopic (exact) mass is 432 g/mol. The van der Waals surface area contributed by atoms with Crippen LogP contribution in [-0.2, 0) is 18.8 Å². The van der Waals surface area contributed by atoms with Crippen LogP contribution >= 0.6 is 0 Å². The summed E-state index contributed by atoms with van der Waals surface area (Å²) in [6.07, 6.45) is 0.460. The first-order valence-corrected chi connectivity index (χ1v) is 11.3. The molecule has 1 unspecified atom stereocenters. The molecule has 0 aromatic heterocycles. The van der Waals surface area contributed by atoms with Gasteiger partial charge in [0.15, 0.2) is 0 Å². The Kier molecular flexibility index (Phi) is 7.68. The predicted molar refractivity (Wildman–Crippen MR) is 123 cm³/mol. The molecule has 31 heavy (non-hydrogen) atoms. The van der Waals surface area contributed by atoms with E-state index in [0.717, 1.165) is 49.4 Å². The maximum atomic E-state index is 12.6. The number of nitrogens with one attached hydrogen (secondary N) is 1. The van der Waals surface area contributed by atoms with Gasteiger partial charge < -0.3 is 18.8 Å². The number of rotatable bonds is 5. The van der Waals surface area contributed by atoms with Crippen molar-refractivity contribution >= 4 is 24.4 Å². The van der Waals surface area contributed by atoms with Gasteiger partial charge in [-0.05, 0) is 44.3 Å². The minimum absolute atomic E-state index is 0.00231. The quantitative estimate of drug-likeness (QED) is 0.718. The molecule has 1 aromatic rings. The van der Waals surface area contributed by atoms with E-state index in [1.807, 2.05) is 32.9 Å². The van der Waals surface area contributed by atoms with Gasteiger partial charge in [-0.25, -0.2) is 4.79 Å². The molecule has 2 aliphatic heterocycles. The highest BCUT2D eigenvalue weighted by atomic mass is 16.6. The molecule has 0 spiro atoms. The predicted octanol–water partition coefficient (Wildman–Crippen LogP) is 3.59. The molecule has 8 heteroatoms. The zero-order chi connectivity index (χ0) is 22.6. The Balaban J connectivity index is 1.88. The van der Waals surface area contributed by atoms with E-state index in [0.29, 0.717) is 13.2 Å². The van der Waals surface area contributed by atoms with Crippen molar-refractivity contribution in [3.63, 3.8) is 0 Å². The lowest BCUT2D eigenvalue weighted by Gasteiger charge is -2.36. The third-order valence-electron chi connectivity index (χ3n) is 5.47. The van der Waals surface area contributed by atoms with Gasteiger partial charge in [-0.1, -0.05) is 32.9 Å². The number of morpholine rings is 1. The minimum Gasteiger partial charge on any atom is -0.444 e. The van der Waals surface area contributed by atoms with Gasteiger partial charge in [0, 0.05) is 43.4 Å². The molecule has 172 valence electrons. The van der Waals surface area contributed by atoms with Gasteiger partial charge in [0.25, 0.3) is 0 Å². The molecular weight excluding hydrogens is 395 g/mol. The number of hydrogen-bond acceptors (Lipinski definition) is 6. The summed E-state index contributed by atoms with van der Waals surface area (Å²) in [6, 6.07) is 6.26. The lowest BCUT2D eigenvalue weighted by Crippen LogP contribution is -2.47. The Morgan fingerprint density at radius 2 is 1.87 bits per heavy atom. The SMILES string of the molecule is CCC(c1ccc(B2OCC(C)(C)CO2)cc1NC(=O)OC(C)(C)C)N1CCOCC1. The minimum atomic E-state index is -0.572. The Bertz CT molecular complexity index is 749. The molecule has 2 saturated heterocycles. The molecular formula is C23H37BN2O5. The fraction of sp³-hybridized carbons (Fsp3) is 0.696. The molecule has 0 radical (unpaired) electrons. The van der Waals surface area contributed by atoms with Crippen LogP contribution in [0.5, 0.6) is 0 Å². The van der Waals surface area contributed by atoms with E-state index in [1.54, 1.807) is 0 Å². The summed E-state index contributed by atoms with van der Waals surface area (Å²) in [5.74, 6) is 0. The third-order valence-corrected chi connectivity index (χ3v) is 5.47. The normalized spacial score (nSPS) is 20.9. The Labute approximate surface area is 186 Å². The van der Waals surface area contributed by atoms with Crippen LogP contribution in [0.25, 0.3) is 0 Å². The van der Waals surface area contributed by atoms with Gasteiger partial charge in [-0.3, -0.25) is 10.2 Å². The Morgan fingerprint density at radius 1 is 1.23 bits per heavy atom. The van der Waals surface area contributed by atoms with E-state index in [1.165, 1.54) is 0 Å². The molecule has 0 aliphatic carbocycles. The van der Waals surface area contributed by atoms with Gasteiger partial charge in [0.05, 0.1) is 13.2 Å². The number of ether oxygens (including phenoxy) is 2. The summed E-state index contributed by atoms with van der Waals surface area (Å²) in [5, 5.41) is 2.99. The molecule has 0 bridgehead atoms. The van der Waals surface area contributed by atoms with Crippen molar-refractivity contribution in [1.29, 1.82) is 0 Å². The van der Waals surface area contributed by atoms with Crippen LogP contribution in [0.4, 0.5) is 10.5 Å². The zero-order valence-electron chi connectivity index (χ0n) is 19.8. The van der Waals surface area contributed by atoms with Crippen molar-refractivity contribution < 1.29 is 23.6 Å². The van der Waals surface area contributed by atoms with E-state index in [4.69, 9.17) is 18.8 Å². The van der Waals surface area contributed by atoms with E-state index < -0.39 is 18.8 Å². The van der Waals surface area contributed by atoms with E-state index in [-0.39, 0.29) is 11.5 Å². The maximum absolute atomic E-state index is 12.6. The number of amides is 1. The van der Waals surface area contributed by atoms with Crippen LogP contribution < -0.4 is 10.8 Å². The van der Waals surface area contributed by atoms with E-state index in [2.05, 4.69) is 37.1 Å². The Morgan fingerprint density at radius 3 is 2.45 bits per heavy atom. The standard InChI is InChI=1S/C23H37BN2O5/c1-7-20(26-10-12-28-13-11-26)18-9-8-17(24-29-15-23(5,6)16-30-24)14-19(18)25-21(27)31-22(2,3)4/h8-9,14,20H,7,10-13,15-16H2,1-6H3,(H,25,27). The van der Waals surface area contributed by atoms with Crippen LogP contribution in [0.15, 0.2) is 18.2 Å². The van der Waals surface area contributed by atoms with Crippen molar-refractivity contribution in [2.24, 2.45) is 5.41 Å². The van der Waals surface area contributed by atoms with E-state index in [9.17, 15) is 4.79 Å². The summed E-state index contributed by atoms with van der Waals surface area (Å²) >= 11 is 0. The van der Waals surface area contributed by atoms with Crippen molar-refractivity contribution in [1.82, 2.24) is 4.90 Å². The third kappa shape index (κ3) is 6.69. The summed E-state index contributed by atoms with van der Waals surface area (Å²) in [5.41, 5.74) is 2.12. The van der Waals surface area contributed by atoms with Crippen LogP contribution in [-0.4, -0.2) is 63.2 Å². The fourth-order valence-electron chi connectivity index (χ4n) is 3.98. The van der Waals surface area contributed by atoms with Crippen molar-refractivity contribution in [3.05, 3.63) is 23.8 Å².